The van der Waals surface area contributed by atoms with Crippen LogP contribution in [0.3, 0.4) is 0 Å². The van der Waals surface area contributed by atoms with E-state index in [4.69, 9.17) is 0 Å². The summed E-state index contributed by atoms with van der Waals surface area (Å²) in [6, 6.07) is 28.6. The van der Waals surface area contributed by atoms with Crippen molar-refractivity contribution in [2.45, 2.75) is 12.8 Å². The lowest BCUT2D eigenvalue weighted by Crippen LogP contribution is -2.15. The van der Waals surface area contributed by atoms with E-state index < -0.39 is 0 Å². The summed E-state index contributed by atoms with van der Waals surface area (Å²) in [5.41, 5.74) is 6.44. The summed E-state index contributed by atoms with van der Waals surface area (Å²) in [4.78, 5) is 4.39. The van der Waals surface area contributed by atoms with Gasteiger partial charge in [0.2, 0.25) is 0 Å². The van der Waals surface area contributed by atoms with Gasteiger partial charge in [0.25, 0.3) is 0 Å². The third kappa shape index (κ3) is 3.91. The minimum Gasteiger partial charge on any atom is -0.378 e. The third-order valence-corrected chi connectivity index (χ3v) is 5.02. The minimum atomic E-state index is 0.244. The van der Waals surface area contributed by atoms with E-state index in [0.29, 0.717) is 0 Å². The van der Waals surface area contributed by atoms with Gasteiger partial charge in [0, 0.05) is 45.0 Å². The molecular weight excluding hydrogens is 316 g/mol. The molecule has 0 aliphatic heterocycles. The van der Waals surface area contributed by atoms with Gasteiger partial charge in [-0.2, -0.15) is 0 Å². The standard InChI is InChI=1S/C24H28N2/c1-5-26(4)23-17-13-21(14-18-23)24(19-9-7-6-8-10-19)20-11-15-22(16-12-20)25(2)3/h6-18,24H,5H2,1-4H3. The monoisotopic (exact) mass is 344 g/mol. The van der Waals surface area contributed by atoms with Crippen LogP contribution < -0.4 is 9.80 Å². The summed E-state index contributed by atoms with van der Waals surface area (Å²) in [6.07, 6.45) is 0. The van der Waals surface area contributed by atoms with E-state index in [1.807, 2.05) is 0 Å². The van der Waals surface area contributed by atoms with Gasteiger partial charge in [-0.05, 0) is 47.9 Å². The Hall–Kier alpha value is -2.74. The van der Waals surface area contributed by atoms with Crippen LogP contribution in [-0.2, 0) is 0 Å². The van der Waals surface area contributed by atoms with Crippen molar-refractivity contribution in [2.75, 3.05) is 37.5 Å². The first kappa shape index (κ1) is 18.1. The zero-order valence-corrected chi connectivity index (χ0v) is 16.2. The summed E-state index contributed by atoms with van der Waals surface area (Å²) in [5.74, 6) is 0.244. The number of hydrogen-bond donors (Lipinski definition) is 0. The topological polar surface area (TPSA) is 6.48 Å². The molecule has 0 saturated carbocycles. The Balaban J connectivity index is 2.01. The fourth-order valence-corrected chi connectivity index (χ4v) is 3.29. The summed E-state index contributed by atoms with van der Waals surface area (Å²) in [5, 5.41) is 0. The van der Waals surface area contributed by atoms with Crippen LogP contribution >= 0.6 is 0 Å². The Labute approximate surface area is 157 Å². The zero-order valence-electron chi connectivity index (χ0n) is 16.2. The lowest BCUT2D eigenvalue weighted by Gasteiger charge is -2.22. The van der Waals surface area contributed by atoms with Crippen molar-refractivity contribution in [1.29, 1.82) is 0 Å². The highest BCUT2D eigenvalue weighted by molar-refractivity contribution is 5.53. The van der Waals surface area contributed by atoms with Crippen LogP contribution in [0.2, 0.25) is 0 Å². The molecule has 0 N–H and O–H groups in total. The highest BCUT2D eigenvalue weighted by atomic mass is 15.1. The molecule has 0 heterocycles. The minimum absolute atomic E-state index is 0.244. The predicted molar refractivity (Wildman–Crippen MR) is 114 cm³/mol. The van der Waals surface area contributed by atoms with Crippen molar-refractivity contribution in [3.05, 3.63) is 95.6 Å². The molecule has 0 fully saturated rings. The Morgan fingerprint density at radius 3 is 1.54 bits per heavy atom. The molecule has 0 aliphatic rings. The quantitative estimate of drug-likeness (QED) is 0.553. The molecule has 0 amide bonds. The van der Waals surface area contributed by atoms with Gasteiger partial charge < -0.3 is 9.80 Å². The Morgan fingerprint density at radius 2 is 1.08 bits per heavy atom. The molecule has 0 radical (unpaired) electrons. The van der Waals surface area contributed by atoms with Gasteiger partial charge in [0.05, 0.1) is 0 Å². The van der Waals surface area contributed by atoms with Gasteiger partial charge >= 0.3 is 0 Å². The first-order valence-corrected chi connectivity index (χ1v) is 9.23. The number of hydrogen-bond acceptors (Lipinski definition) is 2. The van der Waals surface area contributed by atoms with Gasteiger partial charge in [-0.15, -0.1) is 0 Å². The first-order chi connectivity index (χ1) is 12.6. The van der Waals surface area contributed by atoms with Crippen molar-refractivity contribution >= 4 is 11.4 Å². The summed E-state index contributed by atoms with van der Waals surface area (Å²) >= 11 is 0. The van der Waals surface area contributed by atoms with E-state index in [1.54, 1.807) is 0 Å². The molecule has 26 heavy (non-hydrogen) atoms. The number of rotatable bonds is 6. The summed E-state index contributed by atoms with van der Waals surface area (Å²) < 4.78 is 0. The van der Waals surface area contributed by atoms with Gasteiger partial charge in [0.1, 0.15) is 0 Å². The molecule has 3 rings (SSSR count). The van der Waals surface area contributed by atoms with Gasteiger partial charge in [-0.3, -0.25) is 0 Å². The molecule has 3 aromatic rings. The largest absolute Gasteiger partial charge is 0.378 e. The van der Waals surface area contributed by atoms with Crippen LogP contribution in [0.5, 0.6) is 0 Å². The molecule has 2 nitrogen and oxygen atoms in total. The maximum absolute atomic E-state index is 2.26. The summed E-state index contributed by atoms with van der Waals surface area (Å²) in [6.45, 7) is 3.18. The molecule has 1 atom stereocenters. The van der Waals surface area contributed by atoms with Gasteiger partial charge in [-0.1, -0.05) is 54.6 Å². The lowest BCUT2D eigenvalue weighted by molar-refractivity contribution is 0.953. The number of benzene rings is 3. The lowest BCUT2D eigenvalue weighted by atomic mass is 9.85. The fraction of sp³-hybridized carbons (Fsp3) is 0.250. The second-order valence-corrected chi connectivity index (χ2v) is 6.94. The summed E-state index contributed by atoms with van der Waals surface area (Å²) in [7, 11) is 6.28. The average molecular weight is 345 g/mol. The van der Waals surface area contributed by atoms with E-state index in [1.165, 1.54) is 28.1 Å². The molecular formula is C24H28N2. The van der Waals surface area contributed by atoms with E-state index in [0.717, 1.165) is 6.54 Å². The molecule has 0 aliphatic carbocycles. The molecule has 1 unspecified atom stereocenters. The van der Waals surface area contributed by atoms with Crippen LogP contribution in [0.15, 0.2) is 78.9 Å². The van der Waals surface area contributed by atoms with Crippen molar-refractivity contribution in [1.82, 2.24) is 0 Å². The fourth-order valence-electron chi connectivity index (χ4n) is 3.29. The van der Waals surface area contributed by atoms with Crippen molar-refractivity contribution in [2.24, 2.45) is 0 Å². The van der Waals surface area contributed by atoms with Crippen molar-refractivity contribution < 1.29 is 0 Å². The van der Waals surface area contributed by atoms with E-state index in [9.17, 15) is 0 Å². The number of anilines is 2. The van der Waals surface area contributed by atoms with E-state index in [2.05, 4.69) is 117 Å². The zero-order chi connectivity index (χ0) is 18.5. The second-order valence-electron chi connectivity index (χ2n) is 6.94. The van der Waals surface area contributed by atoms with E-state index in [-0.39, 0.29) is 5.92 Å². The van der Waals surface area contributed by atoms with Crippen LogP contribution in [0, 0.1) is 0 Å². The maximum atomic E-state index is 2.26. The SMILES string of the molecule is CCN(C)c1ccc(C(c2ccccc2)c2ccc(N(C)C)cc2)cc1. The molecule has 0 aromatic heterocycles. The van der Waals surface area contributed by atoms with Gasteiger partial charge in [0.15, 0.2) is 0 Å². The molecule has 134 valence electrons. The predicted octanol–water partition coefficient (Wildman–Crippen LogP) is 5.39. The highest BCUT2D eigenvalue weighted by Crippen LogP contribution is 2.33. The van der Waals surface area contributed by atoms with Crippen LogP contribution in [0.1, 0.15) is 29.5 Å². The highest BCUT2D eigenvalue weighted by Gasteiger charge is 2.17. The molecule has 2 heteroatoms. The van der Waals surface area contributed by atoms with Crippen molar-refractivity contribution in [3.8, 4) is 0 Å². The normalized spacial score (nSPS) is 11.8. The van der Waals surface area contributed by atoms with Crippen LogP contribution in [-0.4, -0.2) is 27.7 Å². The van der Waals surface area contributed by atoms with Crippen LogP contribution in [0.4, 0.5) is 11.4 Å². The van der Waals surface area contributed by atoms with Crippen molar-refractivity contribution in [3.63, 3.8) is 0 Å². The molecule has 0 saturated heterocycles. The Bertz CT molecular complexity index is 805. The van der Waals surface area contributed by atoms with Crippen LogP contribution in [0.25, 0.3) is 0 Å². The smallest absolute Gasteiger partial charge is 0.0363 e. The number of nitrogens with zero attached hydrogens (tertiary/aromatic N) is 2. The van der Waals surface area contributed by atoms with Gasteiger partial charge in [-0.25, -0.2) is 0 Å². The maximum Gasteiger partial charge on any atom is 0.0363 e. The first-order valence-electron chi connectivity index (χ1n) is 9.23. The molecule has 0 bridgehead atoms. The molecule has 3 aromatic carbocycles. The van der Waals surface area contributed by atoms with E-state index >= 15 is 0 Å². The molecule has 0 spiro atoms. The Morgan fingerprint density at radius 1 is 0.615 bits per heavy atom. The third-order valence-electron chi connectivity index (χ3n) is 5.02. The Kier molecular flexibility index (Phi) is 5.62. The average Bonchev–Trinajstić information content (AvgIpc) is 2.69. The second kappa shape index (κ2) is 8.09.